The van der Waals surface area contributed by atoms with Gasteiger partial charge in [-0.1, -0.05) is 24.9 Å². The van der Waals surface area contributed by atoms with Crippen LogP contribution in [0.5, 0.6) is 0 Å². The van der Waals surface area contributed by atoms with Crippen LogP contribution in [0.15, 0.2) is 18.3 Å². The summed E-state index contributed by atoms with van der Waals surface area (Å²) in [6.07, 6.45) is 3.84. The highest BCUT2D eigenvalue weighted by Crippen LogP contribution is 2.12. The zero-order valence-corrected chi connectivity index (χ0v) is 11.3. The van der Waals surface area contributed by atoms with Gasteiger partial charge in [-0.15, -0.1) is 5.10 Å². The van der Waals surface area contributed by atoms with Crippen molar-refractivity contribution in [1.82, 2.24) is 14.6 Å². The third-order valence-corrected chi connectivity index (χ3v) is 2.86. The van der Waals surface area contributed by atoms with Crippen LogP contribution in [-0.2, 0) is 4.74 Å². The number of hydrogen-bond donors (Lipinski definition) is 1. The first kappa shape index (κ1) is 13.1. The number of nitrogens with one attached hydrogen (secondary N) is 1. The second kappa shape index (κ2) is 6.02. The average molecular weight is 269 g/mol. The summed E-state index contributed by atoms with van der Waals surface area (Å²) in [6.45, 7) is 2.78. The second-order valence-electron chi connectivity index (χ2n) is 4.17. The molecule has 0 aliphatic heterocycles. The molecule has 0 spiro atoms. The third-order valence-electron chi connectivity index (χ3n) is 2.63. The lowest BCUT2D eigenvalue weighted by atomic mass is 10.2. The maximum absolute atomic E-state index is 5.90. The minimum atomic E-state index is 0.230. The topological polar surface area (TPSA) is 51.5 Å². The molecular weight excluding hydrogens is 252 g/mol. The number of hydrogen-bond acceptors (Lipinski definition) is 4. The van der Waals surface area contributed by atoms with Gasteiger partial charge in [-0.3, -0.25) is 0 Å². The van der Waals surface area contributed by atoms with Crippen molar-refractivity contribution in [2.45, 2.75) is 25.8 Å². The Balaban J connectivity index is 2.14. The predicted molar refractivity (Wildman–Crippen MR) is 72.2 cm³/mol. The fourth-order valence-corrected chi connectivity index (χ4v) is 2.00. The Morgan fingerprint density at radius 1 is 1.50 bits per heavy atom. The summed E-state index contributed by atoms with van der Waals surface area (Å²) in [5.41, 5.74) is 0.773. The molecule has 1 N–H and O–H groups in total. The van der Waals surface area contributed by atoms with Gasteiger partial charge in [0.05, 0.1) is 17.7 Å². The van der Waals surface area contributed by atoms with Gasteiger partial charge in [-0.25, -0.2) is 4.52 Å². The van der Waals surface area contributed by atoms with Gasteiger partial charge < -0.3 is 10.1 Å². The number of pyridine rings is 1. The number of nitrogens with zero attached hydrogens (tertiary/aromatic N) is 3. The van der Waals surface area contributed by atoms with Crippen molar-refractivity contribution >= 4 is 23.2 Å². The molecule has 0 saturated heterocycles. The first-order valence-electron chi connectivity index (χ1n) is 6.00. The molecule has 2 aromatic rings. The fraction of sp³-hybridized carbons (Fsp3) is 0.500. The predicted octanol–water partition coefficient (Wildman–Crippen LogP) is 2.61. The van der Waals surface area contributed by atoms with Crippen LogP contribution in [0.4, 0.5) is 5.95 Å². The standard InChI is InChI=1S/C12H17ClN4O/c1-3-4-10(8-18-2)14-12-15-11-6-5-9(13)7-17(11)16-12/h5-7,10H,3-4,8H2,1-2H3,(H,14,16). The Hall–Kier alpha value is -1.33. The van der Waals surface area contributed by atoms with Crippen LogP contribution in [-0.4, -0.2) is 34.4 Å². The first-order valence-corrected chi connectivity index (χ1v) is 6.38. The monoisotopic (exact) mass is 268 g/mol. The number of methoxy groups -OCH3 is 1. The second-order valence-corrected chi connectivity index (χ2v) is 4.61. The molecule has 0 aliphatic carbocycles. The summed E-state index contributed by atoms with van der Waals surface area (Å²) in [4.78, 5) is 4.38. The Bertz CT molecular complexity index is 508. The highest BCUT2D eigenvalue weighted by Gasteiger charge is 2.10. The molecule has 98 valence electrons. The molecule has 0 aromatic carbocycles. The summed E-state index contributed by atoms with van der Waals surface area (Å²) < 4.78 is 6.84. The van der Waals surface area contributed by atoms with Crippen molar-refractivity contribution in [2.75, 3.05) is 19.0 Å². The van der Waals surface area contributed by atoms with Crippen LogP contribution < -0.4 is 5.32 Å². The number of aromatic nitrogens is 3. The quantitative estimate of drug-likeness (QED) is 0.875. The number of ether oxygens (including phenoxy) is 1. The maximum atomic E-state index is 5.90. The lowest BCUT2D eigenvalue weighted by molar-refractivity contribution is 0.182. The zero-order valence-electron chi connectivity index (χ0n) is 10.6. The van der Waals surface area contributed by atoms with Crippen molar-refractivity contribution in [3.05, 3.63) is 23.4 Å². The number of fused-ring (bicyclic) bond motifs is 1. The fourth-order valence-electron chi connectivity index (χ4n) is 1.85. The van der Waals surface area contributed by atoms with E-state index in [1.165, 1.54) is 0 Å². The van der Waals surface area contributed by atoms with Gasteiger partial charge in [0, 0.05) is 13.3 Å². The van der Waals surface area contributed by atoms with Crippen LogP contribution >= 0.6 is 11.6 Å². The summed E-state index contributed by atoms with van der Waals surface area (Å²) in [7, 11) is 1.70. The molecule has 6 heteroatoms. The van der Waals surface area contributed by atoms with Gasteiger partial charge in [0.1, 0.15) is 0 Å². The Morgan fingerprint density at radius 3 is 3.06 bits per heavy atom. The molecule has 0 saturated carbocycles. The SMILES string of the molecule is CCCC(COC)Nc1nc2ccc(Cl)cn2n1. The molecular formula is C12H17ClN4O. The maximum Gasteiger partial charge on any atom is 0.243 e. The molecule has 0 fully saturated rings. The Labute approximate surface area is 111 Å². The number of anilines is 1. The van der Waals surface area contributed by atoms with E-state index < -0.39 is 0 Å². The van der Waals surface area contributed by atoms with Gasteiger partial charge in [-0.2, -0.15) is 4.98 Å². The highest BCUT2D eigenvalue weighted by molar-refractivity contribution is 6.30. The number of rotatable bonds is 6. The van der Waals surface area contributed by atoms with Crippen molar-refractivity contribution in [2.24, 2.45) is 0 Å². The van der Waals surface area contributed by atoms with E-state index in [1.54, 1.807) is 23.9 Å². The average Bonchev–Trinajstić information content (AvgIpc) is 2.71. The van der Waals surface area contributed by atoms with E-state index in [9.17, 15) is 0 Å². The normalized spacial score (nSPS) is 12.8. The summed E-state index contributed by atoms with van der Waals surface area (Å²) in [6, 6.07) is 3.87. The molecule has 18 heavy (non-hydrogen) atoms. The van der Waals surface area contributed by atoms with Gasteiger partial charge in [0.15, 0.2) is 5.65 Å². The van der Waals surface area contributed by atoms with Crippen LogP contribution in [0, 0.1) is 0 Å². The lowest BCUT2D eigenvalue weighted by Crippen LogP contribution is -2.25. The van der Waals surface area contributed by atoms with E-state index in [-0.39, 0.29) is 6.04 Å². The highest BCUT2D eigenvalue weighted by atomic mass is 35.5. The largest absolute Gasteiger partial charge is 0.383 e. The Kier molecular flexibility index (Phi) is 4.38. The third kappa shape index (κ3) is 3.11. The van der Waals surface area contributed by atoms with Gasteiger partial charge in [-0.05, 0) is 18.6 Å². The van der Waals surface area contributed by atoms with Crippen molar-refractivity contribution in [3.63, 3.8) is 0 Å². The van der Waals surface area contributed by atoms with Crippen LogP contribution in [0.2, 0.25) is 5.02 Å². The van der Waals surface area contributed by atoms with E-state index in [1.807, 2.05) is 6.07 Å². The Morgan fingerprint density at radius 2 is 2.33 bits per heavy atom. The van der Waals surface area contributed by atoms with Gasteiger partial charge in [0.2, 0.25) is 5.95 Å². The molecule has 0 radical (unpaired) electrons. The van der Waals surface area contributed by atoms with E-state index in [4.69, 9.17) is 16.3 Å². The van der Waals surface area contributed by atoms with E-state index in [0.29, 0.717) is 17.6 Å². The van der Waals surface area contributed by atoms with E-state index in [0.717, 1.165) is 18.5 Å². The molecule has 0 amide bonds. The van der Waals surface area contributed by atoms with E-state index in [2.05, 4.69) is 22.3 Å². The van der Waals surface area contributed by atoms with E-state index >= 15 is 0 Å². The number of halogens is 1. The molecule has 0 bridgehead atoms. The summed E-state index contributed by atoms with van der Waals surface area (Å²) >= 11 is 5.90. The minimum absolute atomic E-state index is 0.230. The molecule has 2 heterocycles. The zero-order chi connectivity index (χ0) is 13.0. The molecule has 2 aromatic heterocycles. The molecule has 2 rings (SSSR count). The van der Waals surface area contributed by atoms with Crippen LogP contribution in [0.1, 0.15) is 19.8 Å². The van der Waals surface area contributed by atoms with Crippen molar-refractivity contribution < 1.29 is 4.74 Å². The molecule has 1 unspecified atom stereocenters. The van der Waals surface area contributed by atoms with Crippen LogP contribution in [0.25, 0.3) is 5.65 Å². The van der Waals surface area contributed by atoms with Crippen molar-refractivity contribution in [1.29, 1.82) is 0 Å². The lowest BCUT2D eigenvalue weighted by Gasteiger charge is -2.15. The smallest absolute Gasteiger partial charge is 0.243 e. The van der Waals surface area contributed by atoms with Gasteiger partial charge in [0.25, 0.3) is 0 Å². The summed E-state index contributed by atoms with van der Waals surface area (Å²) in [5, 5.41) is 8.25. The van der Waals surface area contributed by atoms with Gasteiger partial charge >= 0.3 is 0 Å². The molecule has 5 nitrogen and oxygen atoms in total. The first-order chi connectivity index (χ1) is 8.72. The van der Waals surface area contributed by atoms with Crippen molar-refractivity contribution in [3.8, 4) is 0 Å². The minimum Gasteiger partial charge on any atom is -0.383 e. The van der Waals surface area contributed by atoms with Crippen LogP contribution in [0.3, 0.4) is 0 Å². The summed E-state index contributed by atoms with van der Waals surface area (Å²) in [5.74, 6) is 0.604. The molecule has 1 atom stereocenters. The molecule has 0 aliphatic rings.